The number of hydrogen-bond acceptors (Lipinski definition) is 3. The van der Waals surface area contributed by atoms with Crippen molar-refractivity contribution in [3.05, 3.63) is 23.5 Å². The monoisotopic (exact) mass is 166 g/mol. The van der Waals surface area contributed by atoms with Crippen LogP contribution in [0.3, 0.4) is 0 Å². The zero-order valence-electron chi connectivity index (χ0n) is 6.42. The van der Waals surface area contributed by atoms with Gasteiger partial charge >= 0.3 is 0 Å². The molecule has 58 valence electrons. The van der Waals surface area contributed by atoms with Crippen molar-refractivity contribution in [3.8, 4) is 0 Å². The van der Waals surface area contributed by atoms with Crippen LogP contribution in [0.15, 0.2) is 17.2 Å². The van der Waals surface area contributed by atoms with Gasteiger partial charge in [0.05, 0.1) is 5.69 Å². The second-order valence-electron chi connectivity index (χ2n) is 2.58. The zero-order valence-corrected chi connectivity index (χ0v) is 7.24. The first kappa shape index (κ1) is 7.13. The number of thioether (sulfide) groups is 1. The van der Waals surface area contributed by atoms with E-state index in [1.54, 1.807) is 11.8 Å². The molecule has 1 aliphatic rings. The molecule has 3 heteroatoms. The Bertz CT molecular complexity index is 273. The van der Waals surface area contributed by atoms with Crippen molar-refractivity contribution in [2.75, 3.05) is 6.26 Å². The van der Waals surface area contributed by atoms with Crippen LogP contribution in [0.2, 0.25) is 0 Å². The highest BCUT2D eigenvalue weighted by atomic mass is 32.2. The van der Waals surface area contributed by atoms with Gasteiger partial charge < -0.3 is 5.32 Å². The number of fused-ring (bicyclic) bond motifs is 1. The highest BCUT2D eigenvalue weighted by Gasteiger charge is 2.10. The standard InChI is InChI=1S/C8H10N2S/c1-11-7-2-6-3-9-5-8(6)10-4-7/h2,4,9H,3,5H2,1H3. The van der Waals surface area contributed by atoms with Gasteiger partial charge in [-0.1, -0.05) is 0 Å². The second kappa shape index (κ2) is 2.83. The fourth-order valence-corrected chi connectivity index (χ4v) is 1.67. The molecule has 0 atom stereocenters. The molecule has 0 aromatic carbocycles. The molecule has 0 saturated heterocycles. The Kier molecular flexibility index (Phi) is 1.84. The molecule has 2 nitrogen and oxygen atoms in total. The lowest BCUT2D eigenvalue weighted by molar-refractivity contribution is 0.757. The van der Waals surface area contributed by atoms with E-state index in [9.17, 15) is 0 Å². The maximum atomic E-state index is 4.35. The van der Waals surface area contributed by atoms with Crippen molar-refractivity contribution in [2.24, 2.45) is 0 Å². The summed E-state index contributed by atoms with van der Waals surface area (Å²) in [4.78, 5) is 5.60. The molecular formula is C8H10N2S. The first-order chi connectivity index (χ1) is 5.40. The van der Waals surface area contributed by atoms with Crippen LogP contribution in [0.1, 0.15) is 11.3 Å². The van der Waals surface area contributed by atoms with Crippen LogP contribution < -0.4 is 5.32 Å². The Balaban J connectivity index is 2.41. The molecule has 0 aliphatic carbocycles. The Morgan fingerprint density at radius 3 is 3.27 bits per heavy atom. The van der Waals surface area contributed by atoms with E-state index in [2.05, 4.69) is 22.6 Å². The molecular weight excluding hydrogens is 156 g/mol. The largest absolute Gasteiger partial charge is 0.307 e. The average Bonchev–Trinajstić information content (AvgIpc) is 2.50. The Morgan fingerprint density at radius 2 is 2.45 bits per heavy atom. The van der Waals surface area contributed by atoms with Crippen molar-refractivity contribution < 1.29 is 0 Å². The molecule has 0 radical (unpaired) electrons. The second-order valence-corrected chi connectivity index (χ2v) is 3.46. The maximum absolute atomic E-state index is 4.35. The summed E-state index contributed by atoms with van der Waals surface area (Å²) in [5, 5.41) is 3.27. The van der Waals surface area contributed by atoms with Gasteiger partial charge in [0.25, 0.3) is 0 Å². The third-order valence-corrected chi connectivity index (χ3v) is 2.57. The SMILES string of the molecule is CSc1cnc2c(c1)CNC2. The smallest absolute Gasteiger partial charge is 0.0587 e. The normalized spacial score (nSPS) is 15.0. The molecule has 0 bridgehead atoms. The van der Waals surface area contributed by atoms with E-state index in [1.165, 1.54) is 16.2 Å². The molecule has 2 heterocycles. The summed E-state index contributed by atoms with van der Waals surface area (Å²) in [6.45, 7) is 1.92. The minimum atomic E-state index is 0.935. The van der Waals surface area contributed by atoms with E-state index in [1.807, 2.05) is 6.20 Å². The van der Waals surface area contributed by atoms with Crippen LogP contribution in [-0.4, -0.2) is 11.2 Å². The van der Waals surface area contributed by atoms with Crippen molar-refractivity contribution in [1.82, 2.24) is 10.3 Å². The van der Waals surface area contributed by atoms with Crippen LogP contribution in [0, 0.1) is 0 Å². The van der Waals surface area contributed by atoms with Crippen LogP contribution >= 0.6 is 11.8 Å². The van der Waals surface area contributed by atoms with Crippen LogP contribution in [-0.2, 0) is 13.1 Å². The number of pyridine rings is 1. The molecule has 11 heavy (non-hydrogen) atoms. The number of nitrogens with one attached hydrogen (secondary N) is 1. The van der Waals surface area contributed by atoms with Gasteiger partial charge in [0.2, 0.25) is 0 Å². The lowest BCUT2D eigenvalue weighted by Gasteiger charge is -1.98. The van der Waals surface area contributed by atoms with Crippen molar-refractivity contribution >= 4 is 11.8 Å². The summed E-state index contributed by atoms with van der Waals surface area (Å²) in [6, 6.07) is 2.22. The molecule has 1 aromatic rings. The minimum Gasteiger partial charge on any atom is -0.307 e. The molecule has 2 rings (SSSR count). The molecule has 0 unspecified atom stereocenters. The number of rotatable bonds is 1. The molecule has 1 aliphatic heterocycles. The number of hydrogen-bond donors (Lipinski definition) is 1. The zero-order chi connectivity index (χ0) is 7.68. The van der Waals surface area contributed by atoms with E-state index in [0.29, 0.717) is 0 Å². The van der Waals surface area contributed by atoms with E-state index >= 15 is 0 Å². The van der Waals surface area contributed by atoms with Gasteiger partial charge in [-0.25, -0.2) is 0 Å². The predicted octanol–water partition coefficient (Wildman–Crippen LogP) is 1.41. The van der Waals surface area contributed by atoms with E-state index in [0.717, 1.165) is 13.1 Å². The summed E-state index contributed by atoms with van der Waals surface area (Å²) in [5.74, 6) is 0. The van der Waals surface area contributed by atoms with Gasteiger partial charge in [-0.05, 0) is 17.9 Å². The summed E-state index contributed by atoms with van der Waals surface area (Å²) in [5.41, 5.74) is 2.57. The third kappa shape index (κ3) is 1.26. The van der Waals surface area contributed by atoms with Gasteiger partial charge in [0.15, 0.2) is 0 Å². The number of aromatic nitrogens is 1. The van der Waals surface area contributed by atoms with Crippen LogP contribution in [0.5, 0.6) is 0 Å². The highest BCUT2D eigenvalue weighted by molar-refractivity contribution is 7.98. The van der Waals surface area contributed by atoms with Crippen LogP contribution in [0.25, 0.3) is 0 Å². The molecule has 0 fully saturated rings. The van der Waals surface area contributed by atoms with Crippen LogP contribution in [0.4, 0.5) is 0 Å². The molecule has 0 saturated carbocycles. The molecule has 1 N–H and O–H groups in total. The van der Waals surface area contributed by atoms with E-state index < -0.39 is 0 Å². The first-order valence-corrected chi connectivity index (χ1v) is 4.85. The molecule has 0 spiro atoms. The van der Waals surface area contributed by atoms with E-state index in [-0.39, 0.29) is 0 Å². The maximum Gasteiger partial charge on any atom is 0.0587 e. The predicted molar refractivity (Wildman–Crippen MR) is 46.6 cm³/mol. The summed E-state index contributed by atoms with van der Waals surface area (Å²) in [7, 11) is 0. The summed E-state index contributed by atoms with van der Waals surface area (Å²) < 4.78 is 0. The Labute approximate surface area is 70.4 Å². The fraction of sp³-hybridized carbons (Fsp3) is 0.375. The lowest BCUT2D eigenvalue weighted by Crippen LogP contribution is -2.00. The summed E-state index contributed by atoms with van der Waals surface area (Å²) in [6.07, 6.45) is 4.02. The number of nitrogens with zero attached hydrogens (tertiary/aromatic N) is 1. The lowest BCUT2D eigenvalue weighted by atomic mass is 10.2. The Morgan fingerprint density at radius 1 is 1.55 bits per heavy atom. The van der Waals surface area contributed by atoms with Gasteiger partial charge in [-0.3, -0.25) is 4.98 Å². The van der Waals surface area contributed by atoms with Gasteiger partial charge in [0.1, 0.15) is 0 Å². The van der Waals surface area contributed by atoms with Crippen molar-refractivity contribution in [2.45, 2.75) is 18.0 Å². The van der Waals surface area contributed by atoms with Gasteiger partial charge in [0, 0.05) is 24.2 Å². The van der Waals surface area contributed by atoms with Crippen molar-refractivity contribution in [3.63, 3.8) is 0 Å². The highest BCUT2D eigenvalue weighted by Crippen LogP contribution is 2.19. The van der Waals surface area contributed by atoms with E-state index in [4.69, 9.17) is 0 Å². The first-order valence-electron chi connectivity index (χ1n) is 3.62. The molecule has 1 aromatic heterocycles. The Hall–Kier alpha value is -0.540. The molecule has 0 amide bonds. The van der Waals surface area contributed by atoms with Gasteiger partial charge in [-0.15, -0.1) is 11.8 Å². The van der Waals surface area contributed by atoms with Gasteiger partial charge in [-0.2, -0.15) is 0 Å². The fourth-order valence-electron chi connectivity index (χ4n) is 1.26. The third-order valence-electron chi connectivity index (χ3n) is 1.88. The quantitative estimate of drug-likeness (QED) is 0.638. The average molecular weight is 166 g/mol. The van der Waals surface area contributed by atoms with Crippen molar-refractivity contribution in [1.29, 1.82) is 0 Å². The topological polar surface area (TPSA) is 24.9 Å². The minimum absolute atomic E-state index is 0.935. The summed E-state index contributed by atoms with van der Waals surface area (Å²) >= 11 is 1.74.